The molecule has 2 aromatic carbocycles. The van der Waals surface area contributed by atoms with Crippen molar-refractivity contribution >= 4 is 21.2 Å². The molecule has 0 amide bonds. The van der Waals surface area contributed by atoms with E-state index in [9.17, 15) is 22.9 Å². The molecule has 0 aliphatic rings. The van der Waals surface area contributed by atoms with Gasteiger partial charge in [-0.2, -0.15) is 0 Å². The molecular weight excluding hydrogens is 327 g/mol. The summed E-state index contributed by atoms with van der Waals surface area (Å²) in [4.78, 5) is 10.2. The van der Waals surface area contributed by atoms with Gasteiger partial charge in [-0.1, -0.05) is 6.07 Å². The van der Waals surface area contributed by atoms with Crippen molar-refractivity contribution in [1.29, 1.82) is 0 Å². The fourth-order valence-electron chi connectivity index (χ4n) is 1.90. The van der Waals surface area contributed by atoms with Gasteiger partial charge in [0, 0.05) is 18.9 Å². The first-order valence-corrected chi connectivity index (χ1v) is 8.27. The number of aromatic hydroxyl groups is 1. The Morgan fingerprint density at radius 2 is 1.96 bits per heavy atom. The number of nitro groups is 1. The second-order valence-corrected chi connectivity index (χ2v) is 6.86. The van der Waals surface area contributed by atoms with Crippen molar-refractivity contribution < 1.29 is 22.8 Å². The highest BCUT2D eigenvalue weighted by molar-refractivity contribution is 7.90. The summed E-state index contributed by atoms with van der Waals surface area (Å²) in [6, 6.07) is 7.23. The summed E-state index contributed by atoms with van der Waals surface area (Å²) in [6.07, 6.45) is 0.957. The van der Waals surface area contributed by atoms with Gasteiger partial charge in [0.1, 0.15) is 5.69 Å². The Balaban J connectivity index is 2.28. The summed E-state index contributed by atoms with van der Waals surface area (Å²) in [5, 5.41) is 23.0. The minimum absolute atomic E-state index is 0.0657. The van der Waals surface area contributed by atoms with Crippen molar-refractivity contribution in [2.45, 2.75) is 11.4 Å². The first-order valence-electron chi connectivity index (χ1n) is 6.38. The molecule has 0 fully saturated rings. The second-order valence-electron chi connectivity index (χ2n) is 4.85. The van der Waals surface area contributed by atoms with E-state index in [0.717, 1.165) is 18.4 Å². The van der Waals surface area contributed by atoms with E-state index in [1.165, 1.54) is 24.3 Å². The predicted octanol–water partition coefficient (Wildman–Crippen LogP) is 2.46. The first kappa shape index (κ1) is 16.7. The molecule has 0 unspecified atom stereocenters. The predicted molar refractivity (Wildman–Crippen MR) is 81.6 cm³/mol. The van der Waals surface area contributed by atoms with Crippen LogP contribution in [-0.2, 0) is 16.4 Å². The van der Waals surface area contributed by atoms with Crippen molar-refractivity contribution in [2.75, 3.05) is 11.6 Å². The molecule has 0 aromatic heterocycles. The molecule has 0 atom stereocenters. The van der Waals surface area contributed by atoms with E-state index in [-0.39, 0.29) is 17.1 Å². The maximum Gasteiger partial charge on any atom is 0.293 e. The van der Waals surface area contributed by atoms with Gasteiger partial charge in [-0.3, -0.25) is 10.1 Å². The number of anilines is 1. The van der Waals surface area contributed by atoms with Crippen molar-refractivity contribution in [2.24, 2.45) is 0 Å². The molecule has 9 heteroatoms. The zero-order valence-corrected chi connectivity index (χ0v) is 12.8. The van der Waals surface area contributed by atoms with Gasteiger partial charge in [0.2, 0.25) is 0 Å². The highest BCUT2D eigenvalue weighted by Crippen LogP contribution is 2.28. The third-order valence-corrected chi connectivity index (χ3v) is 4.20. The van der Waals surface area contributed by atoms with E-state index < -0.39 is 32.0 Å². The number of hydrogen-bond acceptors (Lipinski definition) is 6. The number of hydrogen-bond donors (Lipinski definition) is 2. The molecule has 0 aliphatic carbocycles. The number of nitrogens with one attached hydrogen (secondary N) is 1. The maximum absolute atomic E-state index is 13.2. The Morgan fingerprint density at radius 3 is 2.52 bits per heavy atom. The van der Waals surface area contributed by atoms with Crippen molar-refractivity contribution in [3.8, 4) is 5.75 Å². The Morgan fingerprint density at radius 1 is 1.26 bits per heavy atom. The molecule has 2 aromatic rings. The summed E-state index contributed by atoms with van der Waals surface area (Å²) in [6.45, 7) is 0.0657. The van der Waals surface area contributed by atoms with Crippen LogP contribution in [0.4, 0.5) is 15.8 Å². The topological polar surface area (TPSA) is 110 Å². The Bertz CT molecular complexity index is 867. The third kappa shape index (κ3) is 3.95. The van der Waals surface area contributed by atoms with E-state index in [4.69, 9.17) is 5.11 Å². The van der Waals surface area contributed by atoms with Gasteiger partial charge >= 0.3 is 0 Å². The molecule has 0 aliphatic heterocycles. The molecule has 0 bridgehead atoms. The molecule has 0 radical (unpaired) electrons. The summed E-state index contributed by atoms with van der Waals surface area (Å²) in [7, 11) is -3.56. The monoisotopic (exact) mass is 340 g/mol. The fraction of sp³-hybridized carbons (Fsp3) is 0.143. The van der Waals surface area contributed by atoms with Crippen LogP contribution in [0.1, 0.15) is 5.56 Å². The SMILES string of the molecule is CS(=O)(=O)c1ccc(NCc2ccc(O)c(F)c2)c([N+](=O)[O-])c1. The van der Waals surface area contributed by atoms with Gasteiger partial charge in [-0.05, 0) is 29.8 Å². The highest BCUT2D eigenvalue weighted by Gasteiger charge is 2.18. The number of benzene rings is 2. The van der Waals surface area contributed by atoms with Crippen LogP contribution in [-0.4, -0.2) is 24.7 Å². The number of rotatable bonds is 5. The Kier molecular flexibility index (Phi) is 4.50. The van der Waals surface area contributed by atoms with Crippen LogP contribution in [0.15, 0.2) is 41.3 Å². The van der Waals surface area contributed by atoms with Crippen LogP contribution in [0.5, 0.6) is 5.75 Å². The van der Waals surface area contributed by atoms with E-state index in [2.05, 4.69) is 5.32 Å². The molecule has 0 saturated carbocycles. The van der Waals surface area contributed by atoms with Gasteiger partial charge in [-0.25, -0.2) is 12.8 Å². The molecule has 7 nitrogen and oxygen atoms in total. The van der Waals surface area contributed by atoms with Gasteiger partial charge in [0.15, 0.2) is 21.4 Å². The number of phenolic OH excluding ortho intramolecular Hbond substituents is 1. The lowest BCUT2D eigenvalue weighted by molar-refractivity contribution is -0.384. The van der Waals surface area contributed by atoms with E-state index >= 15 is 0 Å². The van der Waals surface area contributed by atoms with Crippen LogP contribution in [0.3, 0.4) is 0 Å². The minimum atomic E-state index is -3.56. The number of nitrogens with zero attached hydrogens (tertiary/aromatic N) is 1. The van der Waals surface area contributed by atoms with Crippen molar-refractivity contribution in [1.82, 2.24) is 0 Å². The summed E-state index contributed by atoms with van der Waals surface area (Å²) in [5.74, 6) is -1.29. The van der Waals surface area contributed by atoms with Gasteiger partial charge in [0.25, 0.3) is 5.69 Å². The van der Waals surface area contributed by atoms with E-state index in [0.29, 0.717) is 5.56 Å². The quantitative estimate of drug-likeness (QED) is 0.639. The molecule has 2 rings (SSSR count). The molecule has 23 heavy (non-hydrogen) atoms. The van der Waals surface area contributed by atoms with E-state index in [1.54, 1.807) is 0 Å². The standard InChI is InChI=1S/C14H13FN2O5S/c1-23(21,22)10-3-4-12(13(7-10)17(19)20)16-8-9-2-5-14(18)11(15)6-9/h2-7,16,18H,8H2,1H3. The summed E-state index contributed by atoms with van der Waals surface area (Å²) >= 11 is 0. The lowest BCUT2D eigenvalue weighted by Crippen LogP contribution is -2.05. The van der Waals surface area contributed by atoms with E-state index in [1.807, 2.05) is 0 Å². The number of phenols is 1. The molecule has 0 saturated heterocycles. The van der Waals surface area contributed by atoms with Crippen molar-refractivity contribution in [3.05, 3.63) is 57.9 Å². The van der Waals surface area contributed by atoms with Gasteiger partial charge < -0.3 is 10.4 Å². The number of halogens is 1. The van der Waals surface area contributed by atoms with Crippen LogP contribution in [0.2, 0.25) is 0 Å². The smallest absolute Gasteiger partial charge is 0.293 e. The van der Waals surface area contributed by atoms with Crippen molar-refractivity contribution in [3.63, 3.8) is 0 Å². The Hall–Kier alpha value is -2.68. The zero-order valence-electron chi connectivity index (χ0n) is 12.0. The molecule has 122 valence electrons. The molecule has 0 spiro atoms. The lowest BCUT2D eigenvalue weighted by Gasteiger charge is -2.09. The Labute approximate surface area is 131 Å². The summed E-state index contributed by atoms with van der Waals surface area (Å²) < 4.78 is 36.2. The molecule has 0 heterocycles. The fourth-order valence-corrected chi connectivity index (χ4v) is 2.54. The van der Waals surface area contributed by atoms with Crippen LogP contribution < -0.4 is 5.32 Å². The number of sulfone groups is 1. The zero-order chi connectivity index (χ0) is 17.2. The second kappa shape index (κ2) is 6.21. The average Bonchev–Trinajstić information content (AvgIpc) is 2.47. The minimum Gasteiger partial charge on any atom is -0.505 e. The first-order chi connectivity index (χ1) is 10.7. The van der Waals surface area contributed by atoms with Gasteiger partial charge in [-0.15, -0.1) is 0 Å². The van der Waals surface area contributed by atoms with Crippen LogP contribution in [0, 0.1) is 15.9 Å². The molecule has 2 N–H and O–H groups in total. The van der Waals surface area contributed by atoms with Crippen LogP contribution >= 0.6 is 0 Å². The largest absolute Gasteiger partial charge is 0.505 e. The lowest BCUT2D eigenvalue weighted by atomic mass is 10.2. The highest BCUT2D eigenvalue weighted by atomic mass is 32.2. The summed E-state index contributed by atoms with van der Waals surface area (Å²) in [5.41, 5.74) is 0.171. The normalized spacial score (nSPS) is 11.2. The number of nitro benzene ring substituents is 1. The maximum atomic E-state index is 13.2. The third-order valence-electron chi connectivity index (χ3n) is 3.09. The molecular formula is C14H13FN2O5S. The van der Waals surface area contributed by atoms with Gasteiger partial charge in [0.05, 0.1) is 9.82 Å². The van der Waals surface area contributed by atoms with Crippen LogP contribution in [0.25, 0.3) is 0 Å². The average molecular weight is 340 g/mol.